The highest BCUT2D eigenvalue weighted by molar-refractivity contribution is 5.86. The zero-order chi connectivity index (χ0) is 10.4. The molecule has 0 saturated carbocycles. The Labute approximate surface area is 84.2 Å². The number of nitrogens with two attached hydrogens (primary N) is 1. The summed E-state index contributed by atoms with van der Waals surface area (Å²) in [6.45, 7) is 1.60. The molecular formula is C10H16N2O2. The predicted octanol–water partition coefficient (Wildman–Crippen LogP) is -0.366. The van der Waals surface area contributed by atoms with E-state index in [2.05, 4.69) is 11.2 Å². The summed E-state index contributed by atoms with van der Waals surface area (Å²) in [5, 5.41) is 2.73. The van der Waals surface area contributed by atoms with Crippen LogP contribution in [0.4, 0.5) is 0 Å². The van der Waals surface area contributed by atoms with Crippen molar-refractivity contribution in [3.63, 3.8) is 0 Å². The van der Waals surface area contributed by atoms with Gasteiger partial charge in [-0.25, -0.2) is 0 Å². The molecule has 0 aromatic heterocycles. The third kappa shape index (κ3) is 2.72. The fourth-order valence-electron chi connectivity index (χ4n) is 1.39. The summed E-state index contributed by atoms with van der Waals surface area (Å²) < 4.78 is 5.15. The number of hydrogen-bond donors (Lipinski definition) is 2. The molecule has 1 fully saturated rings. The standard InChI is InChI=1S/C10H16N2O2/c1-2-3-6-12-9(13)10(11)4-7-14-8-5-10/h1H,3-8,11H2,(H,12,13). The van der Waals surface area contributed by atoms with E-state index in [4.69, 9.17) is 16.9 Å². The Morgan fingerprint density at radius 1 is 1.57 bits per heavy atom. The van der Waals surface area contributed by atoms with Crippen LogP contribution >= 0.6 is 0 Å². The lowest BCUT2D eigenvalue weighted by molar-refractivity contribution is -0.129. The molecule has 1 rings (SSSR count). The fraction of sp³-hybridized carbons (Fsp3) is 0.700. The van der Waals surface area contributed by atoms with Crippen molar-refractivity contribution < 1.29 is 9.53 Å². The highest BCUT2D eigenvalue weighted by Gasteiger charge is 2.35. The lowest BCUT2D eigenvalue weighted by Gasteiger charge is -2.31. The first-order chi connectivity index (χ1) is 6.69. The van der Waals surface area contributed by atoms with Gasteiger partial charge >= 0.3 is 0 Å². The van der Waals surface area contributed by atoms with E-state index < -0.39 is 5.54 Å². The second-order valence-electron chi connectivity index (χ2n) is 3.48. The second kappa shape index (κ2) is 4.99. The summed E-state index contributed by atoms with van der Waals surface area (Å²) in [6.07, 6.45) is 6.77. The second-order valence-corrected chi connectivity index (χ2v) is 3.48. The van der Waals surface area contributed by atoms with E-state index in [0.29, 0.717) is 39.0 Å². The van der Waals surface area contributed by atoms with Gasteiger partial charge in [0.25, 0.3) is 0 Å². The molecule has 0 aliphatic carbocycles. The number of amides is 1. The van der Waals surface area contributed by atoms with Crippen molar-refractivity contribution in [3.05, 3.63) is 0 Å². The highest BCUT2D eigenvalue weighted by Crippen LogP contribution is 2.17. The van der Waals surface area contributed by atoms with Crippen molar-refractivity contribution in [2.24, 2.45) is 5.73 Å². The van der Waals surface area contributed by atoms with E-state index in [1.165, 1.54) is 0 Å². The van der Waals surface area contributed by atoms with Crippen LogP contribution < -0.4 is 11.1 Å². The van der Waals surface area contributed by atoms with Crippen LogP contribution in [-0.2, 0) is 9.53 Å². The van der Waals surface area contributed by atoms with Gasteiger partial charge in [0.2, 0.25) is 5.91 Å². The van der Waals surface area contributed by atoms with Gasteiger partial charge in [-0.1, -0.05) is 0 Å². The Morgan fingerprint density at radius 2 is 2.21 bits per heavy atom. The molecule has 1 heterocycles. The summed E-state index contributed by atoms with van der Waals surface area (Å²) in [5.41, 5.74) is 5.18. The van der Waals surface area contributed by atoms with Crippen LogP contribution in [0.5, 0.6) is 0 Å². The Kier molecular flexibility index (Phi) is 3.93. The van der Waals surface area contributed by atoms with Crippen LogP contribution in [0.3, 0.4) is 0 Å². The van der Waals surface area contributed by atoms with Gasteiger partial charge in [-0.3, -0.25) is 4.79 Å². The summed E-state index contributed by atoms with van der Waals surface area (Å²) in [6, 6.07) is 0. The van der Waals surface area contributed by atoms with E-state index in [-0.39, 0.29) is 5.91 Å². The minimum atomic E-state index is -0.757. The van der Waals surface area contributed by atoms with E-state index in [1.54, 1.807) is 0 Å². The largest absolute Gasteiger partial charge is 0.381 e. The van der Waals surface area contributed by atoms with Crippen LogP contribution in [0.25, 0.3) is 0 Å². The molecule has 1 saturated heterocycles. The molecule has 0 radical (unpaired) electrons. The average Bonchev–Trinajstić information content (AvgIpc) is 2.19. The van der Waals surface area contributed by atoms with Gasteiger partial charge in [0.05, 0.1) is 5.54 Å². The molecule has 0 bridgehead atoms. The molecule has 4 heteroatoms. The van der Waals surface area contributed by atoms with Crippen molar-refractivity contribution in [3.8, 4) is 12.3 Å². The molecular weight excluding hydrogens is 180 g/mol. The van der Waals surface area contributed by atoms with E-state index in [9.17, 15) is 4.79 Å². The van der Waals surface area contributed by atoms with Crippen molar-refractivity contribution in [2.45, 2.75) is 24.8 Å². The molecule has 14 heavy (non-hydrogen) atoms. The van der Waals surface area contributed by atoms with Crippen LogP contribution in [0.1, 0.15) is 19.3 Å². The first-order valence-corrected chi connectivity index (χ1v) is 4.77. The topological polar surface area (TPSA) is 64.4 Å². The Balaban J connectivity index is 2.38. The zero-order valence-electron chi connectivity index (χ0n) is 8.21. The normalized spacial score (nSPS) is 19.7. The molecule has 0 atom stereocenters. The number of nitrogens with one attached hydrogen (secondary N) is 1. The molecule has 78 valence electrons. The quantitative estimate of drug-likeness (QED) is 0.478. The molecule has 0 spiro atoms. The minimum Gasteiger partial charge on any atom is -0.381 e. The molecule has 0 unspecified atom stereocenters. The Hall–Kier alpha value is -1.05. The van der Waals surface area contributed by atoms with Crippen LogP contribution in [0.2, 0.25) is 0 Å². The van der Waals surface area contributed by atoms with Gasteiger partial charge in [-0.15, -0.1) is 12.3 Å². The van der Waals surface area contributed by atoms with Gasteiger partial charge in [0, 0.05) is 26.2 Å². The number of hydrogen-bond acceptors (Lipinski definition) is 3. The maximum absolute atomic E-state index is 11.6. The molecule has 3 N–H and O–H groups in total. The van der Waals surface area contributed by atoms with Crippen molar-refractivity contribution in [1.82, 2.24) is 5.32 Å². The summed E-state index contributed by atoms with van der Waals surface area (Å²) in [5.74, 6) is 2.34. The number of terminal acetylenes is 1. The van der Waals surface area contributed by atoms with Crippen LogP contribution in [-0.4, -0.2) is 31.2 Å². The monoisotopic (exact) mass is 196 g/mol. The molecule has 1 aliphatic heterocycles. The molecule has 0 aromatic carbocycles. The molecule has 4 nitrogen and oxygen atoms in total. The number of rotatable bonds is 3. The van der Waals surface area contributed by atoms with Crippen LogP contribution in [0.15, 0.2) is 0 Å². The van der Waals surface area contributed by atoms with Crippen LogP contribution in [0, 0.1) is 12.3 Å². The first-order valence-electron chi connectivity index (χ1n) is 4.77. The smallest absolute Gasteiger partial charge is 0.240 e. The van der Waals surface area contributed by atoms with Crippen molar-refractivity contribution in [2.75, 3.05) is 19.8 Å². The Bertz CT molecular complexity index is 239. The van der Waals surface area contributed by atoms with E-state index >= 15 is 0 Å². The summed E-state index contributed by atoms with van der Waals surface area (Å²) in [4.78, 5) is 11.6. The zero-order valence-corrected chi connectivity index (χ0v) is 8.21. The molecule has 1 amide bonds. The van der Waals surface area contributed by atoms with Gasteiger partial charge in [-0.2, -0.15) is 0 Å². The summed E-state index contributed by atoms with van der Waals surface area (Å²) >= 11 is 0. The fourth-order valence-corrected chi connectivity index (χ4v) is 1.39. The lowest BCUT2D eigenvalue weighted by atomic mass is 9.90. The number of carbonyl (C=O) groups excluding carboxylic acids is 1. The maximum atomic E-state index is 11.6. The summed E-state index contributed by atoms with van der Waals surface area (Å²) in [7, 11) is 0. The highest BCUT2D eigenvalue weighted by atomic mass is 16.5. The SMILES string of the molecule is C#CCCNC(=O)C1(N)CCOCC1. The van der Waals surface area contributed by atoms with Gasteiger partial charge in [-0.05, 0) is 12.8 Å². The van der Waals surface area contributed by atoms with Crippen molar-refractivity contribution in [1.29, 1.82) is 0 Å². The Morgan fingerprint density at radius 3 is 2.79 bits per heavy atom. The molecule has 1 aliphatic rings. The third-order valence-corrected chi connectivity index (χ3v) is 2.39. The predicted molar refractivity (Wildman–Crippen MR) is 53.4 cm³/mol. The van der Waals surface area contributed by atoms with Gasteiger partial charge in [0.1, 0.15) is 0 Å². The minimum absolute atomic E-state index is 0.115. The number of ether oxygens (including phenoxy) is 1. The third-order valence-electron chi connectivity index (χ3n) is 2.39. The first kappa shape index (κ1) is 11.0. The maximum Gasteiger partial charge on any atom is 0.240 e. The van der Waals surface area contributed by atoms with Crippen molar-refractivity contribution >= 4 is 5.91 Å². The number of carbonyl (C=O) groups is 1. The van der Waals surface area contributed by atoms with E-state index in [1.807, 2.05) is 0 Å². The van der Waals surface area contributed by atoms with Gasteiger partial charge in [0.15, 0.2) is 0 Å². The molecule has 0 aromatic rings. The average molecular weight is 196 g/mol. The van der Waals surface area contributed by atoms with E-state index in [0.717, 1.165) is 0 Å². The lowest BCUT2D eigenvalue weighted by Crippen LogP contribution is -2.57. The van der Waals surface area contributed by atoms with Gasteiger partial charge < -0.3 is 15.8 Å².